The summed E-state index contributed by atoms with van der Waals surface area (Å²) in [6.45, 7) is 0. The molecule has 0 bridgehead atoms. The monoisotopic (exact) mass is 318 g/mol. The van der Waals surface area contributed by atoms with E-state index in [9.17, 15) is 0 Å². The van der Waals surface area contributed by atoms with Crippen LogP contribution in [0.3, 0.4) is 0 Å². The van der Waals surface area contributed by atoms with Crippen molar-refractivity contribution >= 4 is 80.8 Å². The van der Waals surface area contributed by atoms with E-state index in [1.165, 1.54) is 43.1 Å². The molecule has 0 saturated heterocycles. The molecule has 1 heteroatoms. The van der Waals surface area contributed by atoms with Gasteiger partial charge in [0.2, 0.25) is 0 Å². The number of benzene rings is 5. The third kappa shape index (κ3) is 2.52. The summed E-state index contributed by atoms with van der Waals surface area (Å²) in [5.74, 6) is 0. The summed E-state index contributed by atoms with van der Waals surface area (Å²) in [6.07, 6.45) is 0. The average molecular weight is 318 g/mol. The molecule has 0 aliphatic rings. The summed E-state index contributed by atoms with van der Waals surface area (Å²) in [6, 6.07) is 30.9. The largest absolute Gasteiger partial charge is 0.0616 e. The predicted molar refractivity (Wildman–Crippen MR) is 102 cm³/mol. The molecule has 0 spiro atoms. The summed E-state index contributed by atoms with van der Waals surface area (Å²) < 4.78 is 0. The minimum Gasteiger partial charge on any atom is -0.0616 e. The van der Waals surface area contributed by atoms with E-state index in [2.05, 4.69) is 84.9 Å². The van der Waals surface area contributed by atoms with Crippen molar-refractivity contribution in [3.05, 3.63) is 84.9 Å². The molecule has 0 atom stereocenters. The van der Waals surface area contributed by atoms with E-state index in [0.717, 1.165) is 0 Å². The van der Waals surface area contributed by atoms with Crippen LogP contribution in [0.15, 0.2) is 84.9 Å². The van der Waals surface area contributed by atoms with Gasteiger partial charge in [-0.3, -0.25) is 0 Å². The Morgan fingerprint density at radius 1 is 0.304 bits per heavy atom. The molecule has 5 aromatic carbocycles. The van der Waals surface area contributed by atoms with Crippen molar-refractivity contribution in [2.24, 2.45) is 0 Å². The Labute approximate surface area is 164 Å². The molecule has 2 radical (unpaired) electrons. The Morgan fingerprint density at radius 3 is 0.783 bits per heavy atom. The number of fused-ring (bicyclic) bond motifs is 4. The number of hydrogen-bond donors (Lipinski definition) is 0. The zero-order chi connectivity index (χ0) is 14.5. The van der Waals surface area contributed by atoms with Gasteiger partial charge < -0.3 is 0 Å². The molecule has 5 rings (SSSR count). The third-order valence-electron chi connectivity index (χ3n) is 4.52. The van der Waals surface area contributed by atoms with E-state index < -0.39 is 0 Å². The van der Waals surface area contributed by atoms with Crippen LogP contribution in [0.1, 0.15) is 0 Å². The Morgan fingerprint density at radius 2 is 0.522 bits per heavy atom. The molecule has 5 aromatic rings. The molecule has 0 aliphatic heterocycles. The molecule has 0 aromatic heterocycles. The second-order valence-electron chi connectivity index (χ2n) is 5.95. The van der Waals surface area contributed by atoms with Crippen molar-refractivity contribution in [3.63, 3.8) is 0 Å². The summed E-state index contributed by atoms with van der Waals surface area (Å²) in [4.78, 5) is 0. The van der Waals surface area contributed by atoms with Crippen LogP contribution in [0.5, 0.6) is 0 Å². The van der Waals surface area contributed by atoms with Gasteiger partial charge in [0.15, 0.2) is 0 Å². The maximum atomic E-state index is 2.31. The van der Waals surface area contributed by atoms with Crippen LogP contribution in [0.2, 0.25) is 0 Å². The van der Waals surface area contributed by atoms with Crippen molar-refractivity contribution in [1.29, 1.82) is 0 Å². The quantitative estimate of drug-likeness (QED) is 0.246. The fourth-order valence-electron chi connectivity index (χ4n) is 3.39. The first kappa shape index (κ1) is 15.0. The van der Waals surface area contributed by atoms with Gasteiger partial charge in [0.1, 0.15) is 0 Å². The molecule has 104 valence electrons. The van der Waals surface area contributed by atoms with E-state index in [1.807, 2.05) is 0 Å². The first-order valence-electron chi connectivity index (χ1n) is 7.62. The molecule has 0 saturated carbocycles. The van der Waals surface area contributed by atoms with Gasteiger partial charge >= 0.3 is 0 Å². The van der Waals surface area contributed by atoms with E-state index in [4.69, 9.17) is 0 Å². The van der Waals surface area contributed by atoms with Crippen molar-refractivity contribution in [1.82, 2.24) is 0 Å². The fourth-order valence-corrected chi connectivity index (χ4v) is 3.39. The standard InChI is InChI=1S/C22H14.Ca/c1-2-6-16-10-20-14-22-12-18-8-4-3-7-17(18)11-21(22)13-19(20)9-15(16)5-1;/h1-14H;. The van der Waals surface area contributed by atoms with Crippen LogP contribution < -0.4 is 0 Å². The molecular formula is C22H14Ca. The molecule has 0 unspecified atom stereocenters. The Kier molecular flexibility index (Phi) is 3.77. The van der Waals surface area contributed by atoms with Gasteiger partial charge in [-0.05, 0) is 79.5 Å². The number of hydrogen-bond acceptors (Lipinski definition) is 0. The van der Waals surface area contributed by atoms with Gasteiger partial charge in [-0.2, -0.15) is 0 Å². The molecule has 0 aliphatic carbocycles. The average Bonchev–Trinajstić information content (AvgIpc) is 2.56. The van der Waals surface area contributed by atoms with Gasteiger partial charge in [0.05, 0.1) is 0 Å². The maximum absolute atomic E-state index is 2.31. The molecule has 23 heavy (non-hydrogen) atoms. The van der Waals surface area contributed by atoms with Gasteiger partial charge in [0.25, 0.3) is 0 Å². The fraction of sp³-hybridized carbons (Fsp3) is 0. The number of rotatable bonds is 0. The van der Waals surface area contributed by atoms with Crippen LogP contribution in [0, 0.1) is 0 Å². The molecule has 0 nitrogen and oxygen atoms in total. The van der Waals surface area contributed by atoms with Crippen LogP contribution in [-0.4, -0.2) is 37.7 Å². The first-order valence-corrected chi connectivity index (χ1v) is 7.62. The molecular weight excluding hydrogens is 304 g/mol. The summed E-state index contributed by atoms with van der Waals surface area (Å²) >= 11 is 0. The van der Waals surface area contributed by atoms with Crippen molar-refractivity contribution in [2.45, 2.75) is 0 Å². The van der Waals surface area contributed by atoms with Gasteiger partial charge in [-0.1, -0.05) is 48.5 Å². The van der Waals surface area contributed by atoms with E-state index in [1.54, 1.807) is 0 Å². The van der Waals surface area contributed by atoms with E-state index in [-0.39, 0.29) is 37.7 Å². The summed E-state index contributed by atoms with van der Waals surface area (Å²) in [7, 11) is 0. The first-order chi connectivity index (χ1) is 10.9. The SMILES string of the molecule is [Ca].c1ccc2cc3cc4cc5ccccc5cc4cc3cc2c1. The third-order valence-corrected chi connectivity index (χ3v) is 4.52. The normalized spacial score (nSPS) is 11.1. The van der Waals surface area contributed by atoms with Gasteiger partial charge in [-0.25, -0.2) is 0 Å². The minimum atomic E-state index is 0. The molecule has 0 amide bonds. The molecule has 0 fully saturated rings. The van der Waals surface area contributed by atoms with Gasteiger partial charge in [0, 0.05) is 37.7 Å². The van der Waals surface area contributed by atoms with E-state index in [0.29, 0.717) is 0 Å². The van der Waals surface area contributed by atoms with Crippen molar-refractivity contribution in [2.75, 3.05) is 0 Å². The van der Waals surface area contributed by atoms with Crippen LogP contribution in [0.25, 0.3) is 43.1 Å². The Hall–Kier alpha value is -1.60. The zero-order valence-electron chi connectivity index (χ0n) is 12.8. The van der Waals surface area contributed by atoms with Crippen molar-refractivity contribution < 1.29 is 0 Å². The second-order valence-corrected chi connectivity index (χ2v) is 5.95. The zero-order valence-corrected chi connectivity index (χ0v) is 15.0. The minimum absolute atomic E-state index is 0. The smallest absolute Gasteiger partial charge is 0 e. The Bertz CT molecular complexity index is 988. The maximum Gasteiger partial charge on any atom is 0 e. The van der Waals surface area contributed by atoms with Gasteiger partial charge in [-0.15, -0.1) is 0 Å². The topological polar surface area (TPSA) is 0 Å². The molecule has 0 heterocycles. The molecule has 0 N–H and O–H groups in total. The van der Waals surface area contributed by atoms with Crippen molar-refractivity contribution in [3.8, 4) is 0 Å². The van der Waals surface area contributed by atoms with Crippen LogP contribution >= 0.6 is 0 Å². The van der Waals surface area contributed by atoms with Crippen LogP contribution in [0.4, 0.5) is 0 Å². The predicted octanol–water partition coefficient (Wildman–Crippen LogP) is 5.92. The summed E-state index contributed by atoms with van der Waals surface area (Å²) in [5, 5.41) is 10.4. The summed E-state index contributed by atoms with van der Waals surface area (Å²) in [5.41, 5.74) is 0. The van der Waals surface area contributed by atoms with E-state index >= 15 is 0 Å². The Balaban J connectivity index is 0.00000135. The second kappa shape index (κ2) is 5.79. The van der Waals surface area contributed by atoms with Crippen LogP contribution in [-0.2, 0) is 0 Å².